The third-order valence-electron chi connectivity index (χ3n) is 3.95. The fourth-order valence-electron chi connectivity index (χ4n) is 2.88. The molecule has 2 aromatic rings. The van der Waals surface area contributed by atoms with E-state index in [0.29, 0.717) is 18.5 Å². The van der Waals surface area contributed by atoms with Crippen LogP contribution in [0.15, 0.2) is 36.4 Å². The summed E-state index contributed by atoms with van der Waals surface area (Å²) in [6.07, 6.45) is 0.634. The number of hydrogen-bond acceptors (Lipinski definition) is 3. The highest BCUT2D eigenvalue weighted by Crippen LogP contribution is 2.33. The summed E-state index contributed by atoms with van der Waals surface area (Å²) in [5.74, 6) is -0.294. The Hall–Kier alpha value is -2.11. The van der Waals surface area contributed by atoms with E-state index in [2.05, 4.69) is 10.3 Å². The molecule has 24 heavy (non-hydrogen) atoms. The molecule has 0 saturated carbocycles. The second-order valence-corrected chi connectivity index (χ2v) is 6.32. The molecule has 1 atom stereocenters. The van der Waals surface area contributed by atoms with Crippen molar-refractivity contribution in [1.29, 1.82) is 0 Å². The number of nitrogens with one attached hydrogen (secondary N) is 1. The number of amides is 2. The molecule has 0 radical (unpaired) electrons. The van der Waals surface area contributed by atoms with E-state index in [1.807, 2.05) is 24.3 Å². The maximum absolute atomic E-state index is 12.5. The van der Waals surface area contributed by atoms with Gasteiger partial charge in [-0.2, -0.15) is 0 Å². The Morgan fingerprint density at radius 2 is 1.88 bits per heavy atom. The van der Waals surface area contributed by atoms with Crippen LogP contribution >= 0.6 is 23.2 Å². The molecule has 0 saturated heterocycles. The van der Waals surface area contributed by atoms with Gasteiger partial charge in [0.2, 0.25) is 5.91 Å². The molecule has 0 aliphatic carbocycles. The van der Waals surface area contributed by atoms with Gasteiger partial charge in [0.25, 0.3) is 5.91 Å². The largest absolute Gasteiger partial charge is 0.345 e. The van der Waals surface area contributed by atoms with E-state index in [-0.39, 0.29) is 28.2 Å². The van der Waals surface area contributed by atoms with Gasteiger partial charge in [0.15, 0.2) is 0 Å². The third-order valence-corrected chi connectivity index (χ3v) is 4.34. The van der Waals surface area contributed by atoms with Crippen molar-refractivity contribution in [2.45, 2.75) is 19.4 Å². The smallest absolute Gasteiger partial charge is 0.251 e. The maximum Gasteiger partial charge on any atom is 0.251 e. The second kappa shape index (κ2) is 6.79. The van der Waals surface area contributed by atoms with Crippen molar-refractivity contribution in [2.24, 2.45) is 0 Å². The average Bonchev–Trinajstić information content (AvgIpc) is 2.54. The van der Waals surface area contributed by atoms with Crippen molar-refractivity contribution in [2.75, 3.05) is 11.4 Å². The number of carbonyl (C=O) groups is 2. The van der Waals surface area contributed by atoms with Crippen LogP contribution in [0.3, 0.4) is 0 Å². The zero-order valence-electron chi connectivity index (χ0n) is 12.9. The molecule has 0 bridgehead atoms. The molecule has 1 aliphatic rings. The summed E-state index contributed by atoms with van der Waals surface area (Å²) >= 11 is 11.7. The Bertz CT molecular complexity index is 790. The molecule has 2 amide bonds. The molecule has 1 aliphatic heterocycles. The fraction of sp³-hybridized carbons (Fsp3) is 0.235. The van der Waals surface area contributed by atoms with Gasteiger partial charge >= 0.3 is 0 Å². The summed E-state index contributed by atoms with van der Waals surface area (Å²) < 4.78 is 0. The summed E-state index contributed by atoms with van der Waals surface area (Å²) in [6.45, 7) is 2.09. The van der Waals surface area contributed by atoms with E-state index in [4.69, 9.17) is 23.2 Å². The summed E-state index contributed by atoms with van der Waals surface area (Å²) in [5, 5.41) is 3.32. The first-order valence-electron chi connectivity index (χ1n) is 7.46. The van der Waals surface area contributed by atoms with Gasteiger partial charge in [-0.05, 0) is 30.2 Å². The number of rotatable bonds is 2. The quantitative estimate of drug-likeness (QED) is 0.828. The lowest BCUT2D eigenvalue weighted by Gasteiger charge is -2.34. The van der Waals surface area contributed by atoms with Gasteiger partial charge < -0.3 is 10.2 Å². The van der Waals surface area contributed by atoms with Crippen LogP contribution in [0.2, 0.25) is 10.3 Å². The molecule has 124 valence electrons. The molecule has 1 aromatic carbocycles. The first-order chi connectivity index (χ1) is 11.5. The Balaban J connectivity index is 1.86. The standard InChI is InChI=1S/C17H15Cl2N3O2/c1-10(23)22-7-6-13(12-4-2-3-5-14(12)22)20-17(24)11-8-15(18)21-16(19)9-11/h2-5,8-9,13H,6-7H2,1H3,(H,20,24). The lowest BCUT2D eigenvalue weighted by molar-refractivity contribution is -0.116. The van der Waals surface area contributed by atoms with E-state index in [0.717, 1.165) is 11.3 Å². The van der Waals surface area contributed by atoms with Crippen molar-refractivity contribution < 1.29 is 9.59 Å². The summed E-state index contributed by atoms with van der Waals surface area (Å²) in [7, 11) is 0. The van der Waals surface area contributed by atoms with E-state index in [9.17, 15) is 9.59 Å². The third kappa shape index (κ3) is 3.37. The number of pyridine rings is 1. The monoisotopic (exact) mass is 363 g/mol. The molecular weight excluding hydrogens is 349 g/mol. The molecule has 0 fully saturated rings. The van der Waals surface area contributed by atoms with Gasteiger partial charge in [-0.15, -0.1) is 0 Å². The van der Waals surface area contributed by atoms with Crippen LogP contribution < -0.4 is 10.2 Å². The van der Waals surface area contributed by atoms with Crippen molar-refractivity contribution in [3.8, 4) is 0 Å². The highest BCUT2D eigenvalue weighted by atomic mass is 35.5. The van der Waals surface area contributed by atoms with E-state index >= 15 is 0 Å². The number of nitrogens with zero attached hydrogens (tertiary/aromatic N) is 2. The molecule has 7 heteroatoms. The van der Waals surface area contributed by atoms with Gasteiger partial charge in [-0.3, -0.25) is 9.59 Å². The lowest BCUT2D eigenvalue weighted by atomic mass is 9.96. The minimum atomic E-state index is -0.280. The molecule has 5 nitrogen and oxygen atoms in total. The zero-order valence-corrected chi connectivity index (χ0v) is 14.4. The van der Waals surface area contributed by atoms with Crippen LogP contribution in [0.25, 0.3) is 0 Å². The van der Waals surface area contributed by atoms with Crippen molar-refractivity contribution >= 4 is 40.7 Å². The molecule has 1 aromatic heterocycles. The maximum atomic E-state index is 12.5. The predicted octanol–water partition coefficient (Wildman–Crippen LogP) is 3.62. The fourth-order valence-corrected chi connectivity index (χ4v) is 3.34. The first kappa shape index (κ1) is 16.7. The highest BCUT2D eigenvalue weighted by molar-refractivity contribution is 6.33. The van der Waals surface area contributed by atoms with Crippen LogP contribution in [-0.2, 0) is 4.79 Å². The number of anilines is 1. The van der Waals surface area contributed by atoms with Crippen LogP contribution in [0.1, 0.15) is 35.3 Å². The van der Waals surface area contributed by atoms with Gasteiger partial charge in [0.05, 0.1) is 6.04 Å². The molecule has 1 N–H and O–H groups in total. The normalized spacial score (nSPS) is 16.5. The highest BCUT2D eigenvalue weighted by Gasteiger charge is 2.28. The predicted molar refractivity (Wildman–Crippen MR) is 93.6 cm³/mol. The number of benzene rings is 1. The number of aromatic nitrogens is 1. The van der Waals surface area contributed by atoms with Crippen LogP contribution in [0, 0.1) is 0 Å². The topological polar surface area (TPSA) is 62.3 Å². The Labute approximate surface area is 149 Å². The average molecular weight is 364 g/mol. The first-order valence-corrected chi connectivity index (χ1v) is 8.22. The van der Waals surface area contributed by atoms with E-state index < -0.39 is 0 Å². The minimum Gasteiger partial charge on any atom is -0.345 e. The molecule has 3 rings (SSSR count). The van der Waals surface area contributed by atoms with Crippen LogP contribution in [-0.4, -0.2) is 23.3 Å². The number of para-hydroxylation sites is 1. The minimum absolute atomic E-state index is 0.0140. The number of hydrogen-bond donors (Lipinski definition) is 1. The molecule has 2 heterocycles. The Morgan fingerprint density at radius 3 is 2.54 bits per heavy atom. The van der Waals surface area contributed by atoms with E-state index in [1.165, 1.54) is 19.1 Å². The van der Waals surface area contributed by atoms with Crippen LogP contribution in [0.5, 0.6) is 0 Å². The molecular formula is C17H15Cl2N3O2. The Morgan fingerprint density at radius 1 is 1.21 bits per heavy atom. The summed E-state index contributed by atoms with van der Waals surface area (Å²) in [4.78, 5) is 29.9. The Kier molecular flexibility index (Phi) is 4.73. The SMILES string of the molecule is CC(=O)N1CCC(NC(=O)c2cc(Cl)nc(Cl)c2)c2ccccc21. The van der Waals surface area contributed by atoms with Crippen molar-refractivity contribution in [1.82, 2.24) is 10.3 Å². The number of halogens is 2. The van der Waals surface area contributed by atoms with Crippen molar-refractivity contribution in [3.63, 3.8) is 0 Å². The van der Waals surface area contributed by atoms with E-state index in [1.54, 1.807) is 4.90 Å². The van der Waals surface area contributed by atoms with Crippen molar-refractivity contribution in [3.05, 3.63) is 57.8 Å². The van der Waals surface area contributed by atoms with Gasteiger partial charge in [0, 0.05) is 24.7 Å². The summed E-state index contributed by atoms with van der Waals surface area (Å²) in [6, 6.07) is 10.3. The molecule has 1 unspecified atom stereocenters. The zero-order chi connectivity index (χ0) is 17.3. The number of fused-ring (bicyclic) bond motifs is 1. The van der Waals surface area contributed by atoms with Crippen LogP contribution in [0.4, 0.5) is 5.69 Å². The molecule has 0 spiro atoms. The summed E-state index contributed by atoms with van der Waals surface area (Å²) in [5.41, 5.74) is 2.09. The van der Waals surface area contributed by atoms with Gasteiger partial charge in [-0.25, -0.2) is 4.98 Å². The van der Waals surface area contributed by atoms with Gasteiger partial charge in [-0.1, -0.05) is 41.4 Å². The van der Waals surface area contributed by atoms with Gasteiger partial charge in [0.1, 0.15) is 10.3 Å². The second-order valence-electron chi connectivity index (χ2n) is 5.55. The number of carbonyl (C=O) groups excluding carboxylic acids is 2. The lowest BCUT2D eigenvalue weighted by Crippen LogP contribution is -2.40.